The molecule has 0 heterocycles. The number of rotatable bonds is 8. The van der Waals surface area contributed by atoms with Crippen molar-refractivity contribution in [2.75, 3.05) is 11.5 Å². The first-order valence-electron chi connectivity index (χ1n) is 13.5. The molecule has 42 heavy (non-hydrogen) atoms. The Hall–Kier alpha value is -5.81. The Balaban J connectivity index is 1.12. The van der Waals surface area contributed by atoms with Gasteiger partial charge in [-0.15, -0.1) is 0 Å². The lowest BCUT2D eigenvalue weighted by molar-refractivity contribution is 0.103. The molecule has 0 aliphatic rings. The van der Waals surface area contributed by atoms with Crippen molar-refractivity contribution in [2.24, 2.45) is 0 Å². The predicted octanol–water partition coefficient (Wildman–Crippen LogP) is 9.00. The van der Waals surface area contributed by atoms with Gasteiger partial charge < -0.3 is 20.9 Å². The van der Waals surface area contributed by atoms with E-state index in [1.807, 2.05) is 84.9 Å². The van der Waals surface area contributed by atoms with Gasteiger partial charge in [0.2, 0.25) is 0 Å². The molecule has 0 aliphatic carbocycles. The second-order valence-corrected chi connectivity index (χ2v) is 9.82. The predicted molar refractivity (Wildman–Crippen MR) is 169 cm³/mol. The summed E-state index contributed by atoms with van der Waals surface area (Å²) in [6, 6.07) is 45.8. The lowest BCUT2D eigenvalue weighted by atomic mass is 10.0. The van der Waals surface area contributed by atoms with Gasteiger partial charge in [0.05, 0.1) is 11.4 Å². The van der Waals surface area contributed by atoms with Crippen LogP contribution in [0.2, 0.25) is 0 Å². The number of hydrogen-bond donors (Lipinski definition) is 2. The van der Waals surface area contributed by atoms with Gasteiger partial charge in [-0.1, -0.05) is 84.9 Å². The van der Waals surface area contributed by atoms with Crippen molar-refractivity contribution in [3.05, 3.63) is 157 Å². The molecule has 6 aromatic rings. The molecule has 5 heteroatoms. The summed E-state index contributed by atoms with van der Waals surface area (Å²) in [6.45, 7) is 0. The highest BCUT2D eigenvalue weighted by Crippen LogP contribution is 2.33. The third kappa shape index (κ3) is 5.86. The molecule has 4 N–H and O–H groups in total. The van der Waals surface area contributed by atoms with E-state index in [1.165, 1.54) is 0 Å². The summed E-state index contributed by atoms with van der Waals surface area (Å²) >= 11 is 0. The average molecular weight is 549 g/mol. The summed E-state index contributed by atoms with van der Waals surface area (Å²) < 4.78 is 12.0. The van der Waals surface area contributed by atoms with E-state index in [1.54, 1.807) is 36.4 Å². The number of benzene rings is 6. The van der Waals surface area contributed by atoms with E-state index < -0.39 is 0 Å². The second kappa shape index (κ2) is 11.7. The number of carbonyl (C=O) groups excluding carboxylic acids is 1. The van der Waals surface area contributed by atoms with Gasteiger partial charge in [-0.2, -0.15) is 0 Å². The van der Waals surface area contributed by atoms with Crippen molar-refractivity contribution in [1.29, 1.82) is 0 Å². The van der Waals surface area contributed by atoms with Crippen LogP contribution < -0.4 is 20.9 Å². The van der Waals surface area contributed by atoms with E-state index >= 15 is 0 Å². The molecule has 6 aromatic carbocycles. The highest BCUT2D eigenvalue weighted by Gasteiger charge is 2.14. The smallest absolute Gasteiger partial charge is 0.193 e. The third-order valence-electron chi connectivity index (χ3n) is 6.92. The van der Waals surface area contributed by atoms with Crippen molar-refractivity contribution in [3.8, 4) is 45.3 Å². The van der Waals surface area contributed by atoms with Crippen LogP contribution in [-0.2, 0) is 0 Å². The van der Waals surface area contributed by atoms with Crippen molar-refractivity contribution < 1.29 is 14.3 Å². The van der Waals surface area contributed by atoms with Crippen LogP contribution in [0.5, 0.6) is 23.0 Å². The van der Waals surface area contributed by atoms with E-state index in [0.29, 0.717) is 45.5 Å². The zero-order valence-corrected chi connectivity index (χ0v) is 22.7. The van der Waals surface area contributed by atoms with Crippen LogP contribution in [0.1, 0.15) is 15.9 Å². The van der Waals surface area contributed by atoms with Crippen molar-refractivity contribution in [1.82, 2.24) is 0 Å². The normalized spacial score (nSPS) is 10.7. The fraction of sp³-hybridized carbons (Fsp3) is 0. The van der Waals surface area contributed by atoms with Gasteiger partial charge in [0, 0.05) is 11.1 Å². The molecule has 0 unspecified atom stereocenters. The van der Waals surface area contributed by atoms with Crippen LogP contribution in [0, 0.1) is 0 Å². The van der Waals surface area contributed by atoms with E-state index in [-0.39, 0.29) is 5.78 Å². The second-order valence-electron chi connectivity index (χ2n) is 9.82. The zero-order chi connectivity index (χ0) is 28.9. The molecular formula is C37H28N2O3. The molecule has 0 aliphatic heterocycles. The number of carbonyl (C=O) groups is 1. The maximum Gasteiger partial charge on any atom is 0.193 e. The first kappa shape index (κ1) is 26.4. The Labute approximate surface area is 244 Å². The van der Waals surface area contributed by atoms with Crippen LogP contribution in [0.15, 0.2) is 146 Å². The summed E-state index contributed by atoms with van der Waals surface area (Å²) in [4.78, 5) is 13.2. The van der Waals surface area contributed by atoms with Gasteiger partial charge >= 0.3 is 0 Å². The van der Waals surface area contributed by atoms with Crippen molar-refractivity contribution >= 4 is 17.2 Å². The van der Waals surface area contributed by atoms with Gasteiger partial charge in [-0.05, 0) is 82.9 Å². The quantitative estimate of drug-likeness (QED) is 0.146. The molecule has 0 spiro atoms. The molecule has 0 saturated heterocycles. The molecule has 5 nitrogen and oxygen atoms in total. The third-order valence-corrected chi connectivity index (χ3v) is 6.92. The highest BCUT2D eigenvalue weighted by atomic mass is 16.5. The number of nitrogens with two attached hydrogens (primary N) is 2. The van der Waals surface area contributed by atoms with Crippen molar-refractivity contribution in [3.63, 3.8) is 0 Å². The number of anilines is 2. The molecule has 0 radical (unpaired) electrons. The molecule has 6 rings (SSSR count). The molecule has 0 amide bonds. The standard InChI is InChI=1S/C37H28N2O3/c38-33-23-29(15-21-35(33)41-31-17-11-27(12-18-31)25-7-3-1-4-8-25)37(40)30-16-22-36(34(39)24-30)42-32-19-13-28(14-20-32)26-9-5-2-6-10-26/h1-24H,38-39H2. The Bertz CT molecular complexity index is 1700. The molecule has 0 bridgehead atoms. The van der Waals surface area contributed by atoms with Gasteiger partial charge in [-0.3, -0.25) is 4.79 Å². The molecule has 0 aromatic heterocycles. The largest absolute Gasteiger partial charge is 0.455 e. The van der Waals surface area contributed by atoms with E-state index in [2.05, 4.69) is 24.3 Å². The molecule has 0 atom stereocenters. The summed E-state index contributed by atoms with van der Waals surface area (Å²) in [5.74, 6) is 2.05. The van der Waals surface area contributed by atoms with Gasteiger partial charge in [-0.25, -0.2) is 0 Å². The van der Waals surface area contributed by atoms with Crippen LogP contribution in [0.25, 0.3) is 22.3 Å². The minimum Gasteiger partial charge on any atom is -0.455 e. The monoisotopic (exact) mass is 548 g/mol. The minimum absolute atomic E-state index is 0.203. The Kier molecular flexibility index (Phi) is 7.38. The Morgan fingerprint density at radius 2 is 0.786 bits per heavy atom. The van der Waals surface area contributed by atoms with E-state index in [4.69, 9.17) is 20.9 Å². The molecule has 0 fully saturated rings. The fourth-order valence-electron chi connectivity index (χ4n) is 4.68. The Morgan fingerprint density at radius 3 is 1.14 bits per heavy atom. The first-order chi connectivity index (χ1) is 20.5. The molecule has 0 saturated carbocycles. The maximum atomic E-state index is 13.2. The number of hydrogen-bond acceptors (Lipinski definition) is 5. The molecule has 204 valence electrons. The molecular weight excluding hydrogens is 520 g/mol. The lowest BCUT2D eigenvalue weighted by Gasteiger charge is -2.12. The van der Waals surface area contributed by atoms with E-state index in [9.17, 15) is 4.79 Å². The van der Waals surface area contributed by atoms with Crippen LogP contribution in [0.3, 0.4) is 0 Å². The zero-order valence-electron chi connectivity index (χ0n) is 22.7. The van der Waals surface area contributed by atoms with Gasteiger partial charge in [0.1, 0.15) is 23.0 Å². The minimum atomic E-state index is -0.203. The summed E-state index contributed by atoms with van der Waals surface area (Å²) in [6.07, 6.45) is 0. The van der Waals surface area contributed by atoms with E-state index in [0.717, 1.165) is 22.3 Å². The number of ketones is 1. The Morgan fingerprint density at radius 1 is 0.429 bits per heavy atom. The maximum absolute atomic E-state index is 13.2. The number of ether oxygens (including phenoxy) is 2. The first-order valence-corrected chi connectivity index (χ1v) is 13.5. The van der Waals surface area contributed by atoms with Crippen molar-refractivity contribution in [2.45, 2.75) is 0 Å². The average Bonchev–Trinajstić information content (AvgIpc) is 3.04. The fourth-order valence-corrected chi connectivity index (χ4v) is 4.68. The highest BCUT2D eigenvalue weighted by molar-refractivity contribution is 6.10. The summed E-state index contributed by atoms with van der Waals surface area (Å²) in [5, 5.41) is 0. The van der Waals surface area contributed by atoms with Crippen LogP contribution in [-0.4, -0.2) is 5.78 Å². The SMILES string of the molecule is Nc1cc(C(=O)c2ccc(Oc3ccc(-c4ccccc4)cc3)c(N)c2)ccc1Oc1ccc(-c2ccccc2)cc1. The summed E-state index contributed by atoms with van der Waals surface area (Å²) in [7, 11) is 0. The van der Waals surface area contributed by atoms with Crippen LogP contribution >= 0.6 is 0 Å². The topological polar surface area (TPSA) is 87.6 Å². The van der Waals surface area contributed by atoms with Gasteiger partial charge in [0.15, 0.2) is 5.78 Å². The van der Waals surface area contributed by atoms with Gasteiger partial charge in [0.25, 0.3) is 0 Å². The van der Waals surface area contributed by atoms with Crippen LogP contribution in [0.4, 0.5) is 11.4 Å². The lowest BCUT2D eigenvalue weighted by Crippen LogP contribution is -2.04. The summed E-state index contributed by atoms with van der Waals surface area (Å²) in [5.41, 5.74) is 18.6. The number of nitrogen functional groups attached to an aromatic ring is 2.